The van der Waals surface area contributed by atoms with Gasteiger partial charge in [-0.25, -0.2) is 14.8 Å². The molecule has 4 aromatic heterocycles. The minimum atomic E-state index is -0.454. The summed E-state index contributed by atoms with van der Waals surface area (Å²) in [5, 5.41) is 4.27. The van der Waals surface area contributed by atoms with E-state index in [2.05, 4.69) is 39.0 Å². The van der Waals surface area contributed by atoms with Gasteiger partial charge in [-0.05, 0) is 45.0 Å². The Labute approximate surface area is 167 Å². The summed E-state index contributed by atoms with van der Waals surface area (Å²) in [4.78, 5) is 28.4. The van der Waals surface area contributed by atoms with Gasteiger partial charge in [-0.1, -0.05) is 0 Å². The second kappa shape index (κ2) is 6.66. The van der Waals surface area contributed by atoms with Gasteiger partial charge in [0.2, 0.25) is 11.5 Å². The van der Waals surface area contributed by atoms with Crippen LogP contribution in [0.1, 0.15) is 19.5 Å². The maximum absolute atomic E-state index is 12.7. The van der Waals surface area contributed by atoms with Crippen LogP contribution in [-0.4, -0.2) is 44.5 Å². The largest absolute Gasteiger partial charge is 0.403 e. The van der Waals surface area contributed by atoms with E-state index < -0.39 is 5.63 Å². The Morgan fingerprint density at radius 3 is 2.69 bits per heavy atom. The Kier molecular flexibility index (Phi) is 4.09. The smallest absolute Gasteiger partial charge is 0.347 e. The fourth-order valence-electron chi connectivity index (χ4n) is 3.95. The average molecular weight is 390 g/mol. The van der Waals surface area contributed by atoms with Gasteiger partial charge < -0.3 is 14.6 Å². The molecule has 0 aromatic carbocycles. The number of nitrogens with zero attached hydrogens (tertiary/aromatic N) is 5. The van der Waals surface area contributed by atoms with E-state index in [0.717, 1.165) is 30.0 Å². The van der Waals surface area contributed by atoms with Gasteiger partial charge in [0.1, 0.15) is 5.82 Å². The lowest BCUT2D eigenvalue weighted by Gasteiger charge is -2.36. The third kappa shape index (κ3) is 3.25. The Hall–Kier alpha value is -3.26. The van der Waals surface area contributed by atoms with E-state index in [1.807, 2.05) is 31.3 Å². The highest BCUT2D eigenvalue weighted by Crippen LogP contribution is 2.23. The van der Waals surface area contributed by atoms with Crippen LogP contribution in [0.3, 0.4) is 0 Å². The van der Waals surface area contributed by atoms with Crippen LogP contribution in [0.2, 0.25) is 0 Å². The summed E-state index contributed by atoms with van der Waals surface area (Å²) in [5.41, 5.74) is 1.69. The van der Waals surface area contributed by atoms with Crippen molar-refractivity contribution in [2.75, 3.05) is 18.0 Å². The number of anilines is 1. The number of rotatable bonds is 2. The van der Waals surface area contributed by atoms with Crippen molar-refractivity contribution < 1.29 is 4.42 Å². The quantitative estimate of drug-likeness (QED) is 0.562. The molecule has 0 amide bonds. The molecule has 1 fully saturated rings. The van der Waals surface area contributed by atoms with Crippen LogP contribution in [0, 0.1) is 6.92 Å². The van der Waals surface area contributed by atoms with Crippen LogP contribution >= 0.6 is 0 Å². The van der Waals surface area contributed by atoms with Gasteiger partial charge in [-0.3, -0.25) is 4.40 Å². The zero-order valence-corrected chi connectivity index (χ0v) is 16.6. The summed E-state index contributed by atoms with van der Waals surface area (Å²) in [6, 6.07) is 8.35. The van der Waals surface area contributed by atoms with Crippen molar-refractivity contribution in [1.82, 2.24) is 24.7 Å². The van der Waals surface area contributed by atoms with Gasteiger partial charge in [-0.15, -0.1) is 0 Å². The Bertz CT molecular complexity index is 1270. The van der Waals surface area contributed by atoms with E-state index in [0.29, 0.717) is 34.8 Å². The molecule has 4 aromatic rings. The first-order valence-corrected chi connectivity index (χ1v) is 9.75. The molecule has 5 rings (SSSR count). The second-order valence-corrected chi connectivity index (χ2v) is 7.79. The number of piperazine rings is 1. The van der Waals surface area contributed by atoms with Gasteiger partial charge >= 0.3 is 5.63 Å². The monoisotopic (exact) mass is 390 g/mol. The highest BCUT2D eigenvalue weighted by molar-refractivity contribution is 5.80. The molecular weight excluding hydrogens is 368 g/mol. The summed E-state index contributed by atoms with van der Waals surface area (Å²) >= 11 is 0. The maximum atomic E-state index is 12.7. The van der Waals surface area contributed by atoms with Crippen molar-refractivity contribution in [1.29, 1.82) is 0 Å². The molecule has 29 heavy (non-hydrogen) atoms. The van der Waals surface area contributed by atoms with Crippen LogP contribution in [0.25, 0.3) is 28.1 Å². The molecule has 8 nitrogen and oxygen atoms in total. The predicted octanol–water partition coefficient (Wildman–Crippen LogP) is 2.39. The van der Waals surface area contributed by atoms with E-state index in [1.54, 1.807) is 16.7 Å². The molecule has 0 bridgehead atoms. The maximum Gasteiger partial charge on any atom is 0.347 e. The van der Waals surface area contributed by atoms with E-state index in [9.17, 15) is 4.79 Å². The van der Waals surface area contributed by atoms with Crippen molar-refractivity contribution in [2.24, 2.45) is 0 Å². The standard InChI is InChI=1S/C21H22N6O2/c1-12-6-7-26-11-17(24-21(26)23-12)16-8-15-4-5-18(25-19(15)29-20(16)28)27-9-13(2)22-14(3)10-27/h4-8,11,13-14,22H,9-10H2,1-3H3. The summed E-state index contributed by atoms with van der Waals surface area (Å²) < 4.78 is 7.37. The molecule has 1 aliphatic rings. The molecule has 8 heteroatoms. The van der Waals surface area contributed by atoms with E-state index in [1.165, 1.54) is 0 Å². The first-order chi connectivity index (χ1) is 14.0. The number of fused-ring (bicyclic) bond motifs is 2. The van der Waals surface area contributed by atoms with Gasteiger partial charge in [0.05, 0.1) is 11.3 Å². The molecule has 148 valence electrons. The first kappa shape index (κ1) is 17.8. The van der Waals surface area contributed by atoms with Crippen molar-refractivity contribution in [3.8, 4) is 11.3 Å². The summed E-state index contributed by atoms with van der Waals surface area (Å²) in [6.07, 6.45) is 3.66. The lowest BCUT2D eigenvalue weighted by Crippen LogP contribution is -2.54. The molecule has 0 radical (unpaired) electrons. The van der Waals surface area contributed by atoms with E-state index in [-0.39, 0.29) is 0 Å². The highest BCUT2D eigenvalue weighted by Gasteiger charge is 2.22. The van der Waals surface area contributed by atoms with Gasteiger partial charge in [-0.2, -0.15) is 4.98 Å². The Balaban J connectivity index is 1.55. The molecule has 2 unspecified atom stereocenters. The van der Waals surface area contributed by atoms with Crippen LogP contribution in [0.5, 0.6) is 0 Å². The minimum Gasteiger partial charge on any atom is -0.403 e. The van der Waals surface area contributed by atoms with Crippen LogP contribution in [0.15, 0.2) is 45.9 Å². The Morgan fingerprint density at radius 1 is 1.10 bits per heavy atom. The van der Waals surface area contributed by atoms with Crippen molar-refractivity contribution in [3.05, 3.63) is 52.8 Å². The lowest BCUT2D eigenvalue weighted by atomic mass is 10.1. The number of aromatic nitrogens is 4. The molecule has 0 spiro atoms. The lowest BCUT2D eigenvalue weighted by molar-refractivity contribution is 0.405. The van der Waals surface area contributed by atoms with E-state index >= 15 is 0 Å². The Morgan fingerprint density at radius 2 is 1.90 bits per heavy atom. The van der Waals surface area contributed by atoms with Crippen molar-refractivity contribution >= 4 is 22.7 Å². The highest BCUT2D eigenvalue weighted by atomic mass is 16.4. The minimum absolute atomic E-state index is 0.341. The molecule has 0 saturated carbocycles. The van der Waals surface area contributed by atoms with Crippen molar-refractivity contribution in [3.63, 3.8) is 0 Å². The van der Waals surface area contributed by atoms with Gasteiger partial charge in [0.15, 0.2) is 0 Å². The second-order valence-electron chi connectivity index (χ2n) is 7.79. The number of aryl methyl sites for hydroxylation is 1. The third-order valence-electron chi connectivity index (χ3n) is 5.21. The number of nitrogens with one attached hydrogen (secondary N) is 1. The van der Waals surface area contributed by atoms with Crippen LogP contribution in [0.4, 0.5) is 5.82 Å². The van der Waals surface area contributed by atoms with Gasteiger partial charge in [0, 0.05) is 48.6 Å². The number of hydrogen-bond donors (Lipinski definition) is 1. The average Bonchev–Trinajstić information content (AvgIpc) is 3.09. The number of pyridine rings is 1. The molecule has 2 atom stereocenters. The zero-order chi connectivity index (χ0) is 20.1. The summed E-state index contributed by atoms with van der Waals surface area (Å²) in [6.45, 7) is 7.93. The summed E-state index contributed by atoms with van der Waals surface area (Å²) in [5.74, 6) is 1.37. The normalized spacial score (nSPS) is 19.9. The zero-order valence-electron chi connectivity index (χ0n) is 16.6. The SMILES string of the molecule is Cc1ccn2cc(-c3cc4ccc(N5CC(C)NC(C)C5)nc4oc3=O)nc2n1. The molecule has 1 aliphatic heterocycles. The third-order valence-corrected chi connectivity index (χ3v) is 5.21. The van der Waals surface area contributed by atoms with Crippen molar-refractivity contribution in [2.45, 2.75) is 32.9 Å². The number of hydrogen-bond acceptors (Lipinski definition) is 7. The van der Waals surface area contributed by atoms with E-state index in [4.69, 9.17) is 4.42 Å². The van der Waals surface area contributed by atoms with Crippen LogP contribution < -0.4 is 15.8 Å². The predicted molar refractivity (Wildman–Crippen MR) is 111 cm³/mol. The summed E-state index contributed by atoms with van der Waals surface area (Å²) in [7, 11) is 0. The fourth-order valence-corrected chi connectivity index (χ4v) is 3.95. The molecular formula is C21H22N6O2. The molecule has 5 heterocycles. The number of imidazole rings is 1. The first-order valence-electron chi connectivity index (χ1n) is 9.75. The molecule has 1 saturated heterocycles. The molecule has 0 aliphatic carbocycles. The van der Waals surface area contributed by atoms with Crippen LogP contribution in [-0.2, 0) is 0 Å². The van der Waals surface area contributed by atoms with Gasteiger partial charge in [0.25, 0.3) is 0 Å². The fraction of sp³-hybridized carbons (Fsp3) is 0.333. The molecule has 1 N–H and O–H groups in total. The topological polar surface area (TPSA) is 88.6 Å².